The molecular formula is C28H22F4N6O3. The van der Waals surface area contributed by atoms with Crippen LogP contribution in [0.3, 0.4) is 0 Å². The Kier molecular flexibility index (Phi) is 7.56. The smallest absolute Gasteiger partial charge is 0.422 e. The van der Waals surface area contributed by atoms with Crippen LogP contribution in [0.2, 0.25) is 0 Å². The molecule has 5 rings (SSSR count). The van der Waals surface area contributed by atoms with Gasteiger partial charge in [-0.05, 0) is 48.0 Å². The molecule has 2 aromatic heterocycles. The quantitative estimate of drug-likeness (QED) is 0.353. The van der Waals surface area contributed by atoms with Crippen LogP contribution in [-0.4, -0.2) is 65.0 Å². The number of nitrogens with zero attached hydrogens (tertiary/aromatic N) is 5. The number of carbonyl (C=O) groups excluding carboxylic acids is 1. The van der Waals surface area contributed by atoms with E-state index in [0.717, 1.165) is 0 Å². The lowest BCUT2D eigenvalue weighted by Crippen LogP contribution is -2.49. The van der Waals surface area contributed by atoms with Gasteiger partial charge in [-0.2, -0.15) is 23.5 Å². The van der Waals surface area contributed by atoms with Crippen molar-refractivity contribution < 1.29 is 27.1 Å². The highest BCUT2D eigenvalue weighted by molar-refractivity contribution is 5.95. The van der Waals surface area contributed by atoms with Gasteiger partial charge in [0.1, 0.15) is 23.5 Å². The number of hydrogen-bond acceptors (Lipinski definition) is 7. The lowest BCUT2D eigenvalue weighted by atomic mass is 10.0. The number of nitriles is 1. The second-order valence-corrected chi connectivity index (χ2v) is 9.40. The fourth-order valence-corrected chi connectivity index (χ4v) is 4.58. The number of ether oxygens (including phenoxy) is 1. The maximum atomic E-state index is 14.8. The van der Waals surface area contributed by atoms with E-state index in [1.165, 1.54) is 42.6 Å². The first-order valence-corrected chi connectivity index (χ1v) is 12.5. The number of amides is 1. The molecule has 1 aliphatic rings. The molecule has 4 aromatic rings. The van der Waals surface area contributed by atoms with E-state index in [4.69, 9.17) is 10.00 Å². The maximum absolute atomic E-state index is 14.8. The van der Waals surface area contributed by atoms with Gasteiger partial charge < -0.3 is 14.5 Å². The standard InChI is InChI=1S/C28H22F4N6O3/c29-23-5-1-17(12-24-21-13-19(41-16-28(30,31)32)3-4-20(21)26(39)36-35-24)11-22(23)27(40)38-9-7-37(8-10-38)25-6-2-18(14-33)15-34-25/h1-6,11,13,15H,7-10,12,16H2,(H,36,39). The highest BCUT2D eigenvalue weighted by Gasteiger charge is 2.29. The minimum absolute atomic E-state index is 0.0642. The minimum Gasteiger partial charge on any atom is -0.484 e. The van der Waals surface area contributed by atoms with Crippen LogP contribution in [0.15, 0.2) is 59.5 Å². The van der Waals surface area contributed by atoms with E-state index in [1.54, 1.807) is 17.0 Å². The van der Waals surface area contributed by atoms with Crippen LogP contribution in [-0.2, 0) is 6.42 Å². The van der Waals surface area contributed by atoms with Crippen LogP contribution in [0, 0.1) is 17.1 Å². The number of halogens is 4. The van der Waals surface area contributed by atoms with Gasteiger partial charge in [-0.1, -0.05) is 6.07 Å². The van der Waals surface area contributed by atoms with E-state index < -0.39 is 30.1 Å². The number of H-pyrrole nitrogens is 1. The predicted molar refractivity (Wildman–Crippen MR) is 140 cm³/mol. The molecule has 2 aromatic carbocycles. The summed E-state index contributed by atoms with van der Waals surface area (Å²) in [6.07, 6.45) is -2.99. The monoisotopic (exact) mass is 566 g/mol. The SMILES string of the molecule is N#Cc1ccc(N2CCN(C(=O)c3cc(Cc4n[nH]c(=O)c5ccc(OCC(F)(F)F)cc45)ccc3F)CC2)nc1. The summed E-state index contributed by atoms with van der Waals surface area (Å²) in [5, 5.41) is 15.8. The van der Waals surface area contributed by atoms with Crippen molar-refractivity contribution in [2.24, 2.45) is 0 Å². The van der Waals surface area contributed by atoms with E-state index in [2.05, 4.69) is 15.2 Å². The van der Waals surface area contributed by atoms with Crippen molar-refractivity contribution in [1.29, 1.82) is 5.26 Å². The van der Waals surface area contributed by atoms with Crippen LogP contribution in [0.1, 0.15) is 27.2 Å². The first-order chi connectivity index (χ1) is 19.6. The number of anilines is 1. The molecule has 1 saturated heterocycles. The first-order valence-electron chi connectivity index (χ1n) is 12.5. The molecule has 9 nitrogen and oxygen atoms in total. The summed E-state index contributed by atoms with van der Waals surface area (Å²) in [6.45, 7) is 0.107. The Morgan fingerprint density at radius 3 is 2.51 bits per heavy atom. The molecule has 13 heteroatoms. The van der Waals surface area contributed by atoms with Crippen molar-refractivity contribution >= 4 is 22.5 Å². The van der Waals surface area contributed by atoms with Gasteiger partial charge in [0.25, 0.3) is 11.5 Å². The molecule has 1 amide bonds. The Balaban J connectivity index is 1.33. The third kappa shape index (κ3) is 6.27. The second-order valence-electron chi connectivity index (χ2n) is 9.40. The van der Waals surface area contributed by atoms with Gasteiger partial charge in [0, 0.05) is 44.2 Å². The average Bonchev–Trinajstić information content (AvgIpc) is 2.98. The third-order valence-corrected chi connectivity index (χ3v) is 6.64. The zero-order valence-electron chi connectivity index (χ0n) is 21.4. The summed E-state index contributed by atoms with van der Waals surface area (Å²) >= 11 is 0. The van der Waals surface area contributed by atoms with E-state index in [9.17, 15) is 27.2 Å². The summed E-state index contributed by atoms with van der Waals surface area (Å²) in [5.74, 6) is -0.596. The van der Waals surface area contributed by atoms with Crippen LogP contribution in [0.4, 0.5) is 23.4 Å². The molecule has 1 aliphatic heterocycles. The van der Waals surface area contributed by atoms with Gasteiger partial charge in [-0.3, -0.25) is 9.59 Å². The van der Waals surface area contributed by atoms with Crippen molar-refractivity contribution in [2.75, 3.05) is 37.7 Å². The van der Waals surface area contributed by atoms with Crippen LogP contribution in [0.25, 0.3) is 10.8 Å². The Morgan fingerprint density at radius 1 is 1.05 bits per heavy atom. The predicted octanol–water partition coefficient (Wildman–Crippen LogP) is 3.82. The van der Waals surface area contributed by atoms with Crippen LogP contribution < -0.4 is 15.2 Å². The number of aromatic nitrogens is 3. The third-order valence-electron chi connectivity index (χ3n) is 6.64. The highest BCUT2D eigenvalue weighted by atomic mass is 19.4. The first kappa shape index (κ1) is 27.6. The molecule has 0 atom stereocenters. The second kappa shape index (κ2) is 11.2. The van der Waals surface area contributed by atoms with Crippen LogP contribution >= 0.6 is 0 Å². The fraction of sp³-hybridized carbons (Fsp3) is 0.250. The molecule has 1 fully saturated rings. The lowest BCUT2D eigenvalue weighted by Gasteiger charge is -2.35. The molecule has 0 aliphatic carbocycles. The number of alkyl halides is 3. The normalized spacial score (nSPS) is 13.7. The molecule has 41 heavy (non-hydrogen) atoms. The van der Waals surface area contributed by atoms with Gasteiger partial charge in [-0.25, -0.2) is 14.5 Å². The van der Waals surface area contributed by atoms with Gasteiger partial charge in [-0.15, -0.1) is 0 Å². The summed E-state index contributed by atoms with van der Waals surface area (Å²) in [5.41, 5.74) is 0.605. The van der Waals surface area contributed by atoms with E-state index >= 15 is 0 Å². The van der Waals surface area contributed by atoms with Gasteiger partial charge in [0.15, 0.2) is 6.61 Å². The molecule has 0 radical (unpaired) electrons. The topological polar surface area (TPSA) is 115 Å². The van der Waals surface area contributed by atoms with Gasteiger partial charge in [0.05, 0.1) is 22.2 Å². The van der Waals surface area contributed by atoms with Crippen LogP contribution in [0.5, 0.6) is 5.75 Å². The van der Waals surface area contributed by atoms with Crippen molar-refractivity contribution in [3.8, 4) is 11.8 Å². The van der Waals surface area contributed by atoms with Gasteiger partial charge in [0.2, 0.25) is 0 Å². The van der Waals surface area contributed by atoms with E-state index in [0.29, 0.717) is 48.8 Å². The van der Waals surface area contributed by atoms with Gasteiger partial charge >= 0.3 is 6.18 Å². The summed E-state index contributed by atoms with van der Waals surface area (Å²) in [4.78, 5) is 33.3. The molecule has 0 spiro atoms. The Morgan fingerprint density at radius 2 is 1.83 bits per heavy atom. The summed E-state index contributed by atoms with van der Waals surface area (Å²) < 4.78 is 57.4. The summed E-state index contributed by atoms with van der Waals surface area (Å²) in [6, 6.07) is 13.4. The molecule has 0 bridgehead atoms. The number of carbonyl (C=O) groups is 1. The highest BCUT2D eigenvalue weighted by Crippen LogP contribution is 2.25. The zero-order chi connectivity index (χ0) is 29.1. The largest absolute Gasteiger partial charge is 0.484 e. The molecule has 1 N–H and O–H groups in total. The number of pyridine rings is 1. The van der Waals surface area contributed by atoms with E-state index in [1.807, 2.05) is 11.0 Å². The number of benzene rings is 2. The molecule has 0 unspecified atom stereocenters. The van der Waals surface area contributed by atoms with E-state index in [-0.39, 0.29) is 28.5 Å². The Hall–Kier alpha value is -4.99. The fourth-order valence-electron chi connectivity index (χ4n) is 4.58. The summed E-state index contributed by atoms with van der Waals surface area (Å²) in [7, 11) is 0. The number of nitrogens with one attached hydrogen (secondary N) is 1. The van der Waals surface area contributed by atoms with Crippen molar-refractivity contribution in [1.82, 2.24) is 20.1 Å². The van der Waals surface area contributed by atoms with Crippen molar-refractivity contribution in [3.05, 3.63) is 93.3 Å². The number of hydrogen-bond donors (Lipinski definition) is 1. The molecule has 210 valence electrons. The van der Waals surface area contributed by atoms with Crippen molar-refractivity contribution in [2.45, 2.75) is 12.6 Å². The molecule has 0 saturated carbocycles. The molecular weight excluding hydrogens is 544 g/mol. The number of rotatable bonds is 6. The lowest BCUT2D eigenvalue weighted by molar-refractivity contribution is -0.153. The minimum atomic E-state index is -4.53. The number of fused-ring (bicyclic) bond motifs is 1. The molecule has 3 heterocycles. The average molecular weight is 567 g/mol. The maximum Gasteiger partial charge on any atom is 0.422 e. The Labute approximate surface area is 230 Å². The Bertz CT molecular complexity index is 1690. The zero-order valence-corrected chi connectivity index (χ0v) is 21.4. The number of piperazine rings is 1. The number of aromatic amines is 1. The van der Waals surface area contributed by atoms with Crippen molar-refractivity contribution in [3.63, 3.8) is 0 Å².